The molecule has 0 spiro atoms. The van der Waals surface area contributed by atoms with Gasteiger partial charge in [-0.25, -0.2) is 0 Å². The highest BCUT2D eigenvalue weighted by molar-refractivity contribution is 14.0. The van der Waals surface area contributed by atoms with Crippen molar-refractivity contribution in [2.45, 2.75) is 31.9 Å². The van der Waals surface area contributed by atoms with E-state index < -0.39 is 12.7 Å². The zero-order valence-corrected chi connectivity index (χ0v) is 19.3. The van der Waals surface area contributed by atoms with Gasteiger partial charge in [0.25, 0.3) is 0 Å². The fraction of sp³-hybridized carbons (Fsp3) is 0.667. The van der Waals surface area contributed by atoms with Crippen LogP contribution in [0.3, 0.4) is 0 Å². The van der Waals surface area contributed by atoms with E-state index in [4.69, 9.17) is 0 Å². The van der Waals surface area contributed by atoms with E-state index in [1.54, 1.807) is 7.05 Å². The summed E-state index contributed by atoms with van der Waals surface area (Å²) >= 11 is 0. The summed E-state index contributed by atoms with van der Waals surface area (Å²) in [6.07, 6.45) is 0.0935. The number of aliphatic imine (C=N–C) groups is 1. The van der Waals surface area contributed by atoms with Crippen molar-refractivity contribution in [1.82, 2.24) is 15.1 Å². The lowest BCUT2D eigenvalue weighted by atomic mass is 9.90. The predicted molar refractivity (Wildman–Crippen MR) is 122 cm³/mol. The number of nitrogens with one attached hydrogen (secondary N) is 1. The smallest absolute Gasteiger partial charge is 0.356 e. The van der Waals surface area contributed by atoms with E-state index >= 15 is 0 Å². The molecule has 1 aromatic carbocycles. The Bertz CT molecular complexity index is 631. The Morgan fingerprint density at radius 3 is 2.34 bits per heavy atom. The van der Waals surface area contributed by atoms with Crippen LogP contribution in [0.4, 0.5) is 13.2 Å². The van der Waals surface area contributed by atoms with Crippen LogP contribution < -0.4 is 5.32 Å². The SMILES string of the molecule is CN=C(NCC1CCN(CC(F)(F)F)C1)N1CCC(Cc2ccccc2)CC1.I. The predicted octanol–water partition coefficient (Wildman–Crippen LogP) is 4.02. The van der Waals surface area contributed by atoms with Crippen molar-refractivity contribution in [3.8, 4) is 0 Å². The molecule has 0 bridgehead atoms. The molecule has 1 aromatic rings. The Balaban J connectivity index is 0.00000300. The van der Waals surface area contributed by atoms with Gasteiger partial charge in [-0.15, -0.1) is 24.0 Å². The van der Waals surface area contributed by atoms with E-state index in [0.29, 0.717) is 25.6 Å². The first-order valence-corrected chi connectivity index (χ1v) is 10.2. The van der Waals surface area contributed by atoms with Crippen LogP contribution in [0.25, 0.3) is 0 Å². The Kier molecular flexibility index (Phi) is 9.52. The summed E-state index contributed by atoms with van der Waals surface area (Å²) in [7, 11) is 1.78. The van der Waals surface area contributed by atoms with E-state index in [-0.39, 0.29) is 29.9 Å². The number of guanidine groups is 1. The van der Waals surface area contributed by atoms with E-state index in [2.05, 4.69) is 45.5 Å². The molecule has 3 rings (SSSR count). The van der Waals surface area contributed by atoms with Gasteiger partial charge in [-0.3, -0.25) is 9.89 Å². The molecule has 8 heteroatoms. The van der Waals surface area contributed by atoms with Crippen molar-refractivity contribution in [3.05, 3.63) is 35.9 Å². The van der Waals surface area contributed by atoms with Crippen LogP contribution in [0.1, 0.15) is 24.8 Å². The van der Waals surface area contributed by atoms with Gasteiger partial charge in [0.15, 0.2) is 5.96 Å². The first kappa shape index (κ1) is 24.2. The lowest BCUT2D eigenvalue weighted by molar-refractivity contribution is -0.143. The molecule has 2 heterocycles. The van der Waals surface area contributed by atoms with Crippen LogP contribution in [0.2, 0.25) is 0 Å². The van der Waals surface area contributed by atoms with Gasteiger partial charge >= 0.3 is 6.18 Å². The number of nitrogens with zero attached hydrogens (tertiary/aromatic N) is 3. The Morgan fingerprint density at radius 1 is 1.07 bits per heavy atom. The summed E-state index contributed by atoms with van der Waals surface area (Å²) in [5, 5.41) is 3.40. The summed E-state index contributed by atoms with van der Waals surface area (Å²) in [5.41, 5.74) is 1.40. The molecule has 2 fully saturated rings. The highest BCUT2D eigenvalue weighted by atomic mass is 127. The summed E-state index contributed by atoms with van der Waals surface area (Å²) in [6.45, 7) is 2.86. The number of alkyl halides is 3. The number of hydrogen-bond acceptors (Lipinski definition) is 2. The third kappa shape index (κ3) is 7.96. The number of piperidine rings is 1. The molecule has 4 nitrogen and oxygen atoms in total. The normalized spacial score (nSPS) is 21.9. The Labute approximate surface area is 188 Å². The van der Waals surface area contributed by atoms with Crippen molar-refractivity contribution in [3.63, 3.8) is 0 Å². The van der Waals surface area contributed by atoms with Crippen LogP contribution in [0.5, 0.6) is 0 Å². The van der Waals surface area contributed by atoms with Crippen molar-refractivity contribution in [2.24, 2.45) is 16.8 Å². The standard InChI is InChI=1S/C21H31F3N4.HI/c1-25-20(26-14-19-7-10-27(15-19)16-21(22,23)24)28-11-8-18(9-12-28)13-17-5-3-2-4-6-17;/h2-6,18-19H,7-16H2,1H3,(H,25,26);1H. The molecular weight excluding hydrogens is 492 g/mol. The zero-order chi connectivity index (χ0) is 20.0. The van der Waals surface area contributed by atoms with Gasteiger partial charge in [-0.2, -0.15) is 13.2 Å². The molecule has 1 atom stereocenters. The molecule has 0 aromatic heterocycles. The number of halogens is 4. The first-order valence-electron chi connectivity index (χ1n) is 10.2. The largest absolute Gasteiger partial charge is 0.401 e. The zero-order valence-electron chi connectivity index (χ0n) is 17.0. The van der Waals surface area contributed by atoms with E-state index in [9.17, 15) is 13.2 Å². The molecule has 2 aliphatic heterocycles. The quantitative estimate of drug-likeness (QED) is 0.359. The van der Waals surface area contributed by atoms with Crippen LogP contribution in [-0.2, 0) is 6.42 Å². The number of benzene rings is 1. The van der Waals surface area contributed by atoms with Gasteiger partial charge < -0.3 is 10.2 Å². The minimum absolute atomic E-state index is 0. The minimum atomic E-state index is -4.11. The molecule has 0 amide bonds. The maximum absolute atomic E-state index is 12.5. The van der Waals surface area contributed by atoms with Crippen LogP contribution in [0, 0.1) is 11.8 Å². The Hall–Kier alpha value is -1.03. The summed E-state index contributed by atoms with van der Waals surface area (Å²) in [4.78, 5) is 8.18. The van der Waals surface area contributed by atoms with Crippen molar-refractivity contribution < 1.29 is 13.2 Å². The Morgan fingerprint density at radius 2 is 1.72 bits per heavy atom. The monoisotopic (exact) mass is 524 g/mol. The third-order valence-corrected chi connectivity index (χ3v) is 5.81. The molecule has 1 N–H and O–H groups in total. The van der Waals surface area contributed by atoms with Gasteiger partial charge in [-0.05, 0) is 49.6 Å². The summed E-state index contributed by atoms with van der Waals surface area (Å²) < 4.78 is 37.6. The van der Waals surface area contributed by atoms with Crippen molar-refractivity contribution in [2.75, 3.05) is 46.3 Å². The van der Waals surface area contributed by atoms with E-state index in [0.717, 1.165) is 44.7 Å². The average Bonchev–Trinajstić information content (AvgIpc) is 3.10. The number of rotatable bonds is 5. The van der Waals surface area contributed by atoms with Crippen LogP contribution in [-0.4, -0.2) is 68.3 Å². The number of hydrogen-bond donors (Lipinski definition) is 1. The van der Waals surface area contributed by atoms with Crippen LogP contribution in [0.15, 0.2) is 35.3 Å². The first-order chi connectivity index (χ1) is 13.4. The molecule has 164 valence electrons. The fourth-order valence-corrected chi connectivity index (χ4v) is 4.34. The molecule has 0 aliphatic carbocycles. The van der Waals surface area contributed by atoms with Gasteiger partial charge in [-0.1, -0.05) is 30.3 Å². The van der Waals surface area contributed by atoms with Crippen LogP contribution >= 0.6 is 24.0 Å². The summed E-state index contributed by atoms with van der Waals surface area (Å²) in [5.74, 6) is 1.82. The minimum Gasteiger partial charge on any atom is -0.356 e. The second-order valence-corrected chi connectivity index (χ2v) is 8.05. The lowest BCUT2D eigenvalue weighted by Crippen LogP contribution is -2.47. The van der Waals surface area contributed by atoms with Crippen molar-refractivity contribution in [1.29, 1.82) is 0 Å². The van der Waals surface area contributed by atoms with Gasteiger partial charge in [0.1, 0.15) is 0 Å². The van der Waals surface area contributed by atoms with E-state index in [1.165, 1.54) is 10.5 Å². The van der Waals surface area contributed by atoms with Gasteiger partial charge in [0.2, 0.25) is 0 Å². The number of likely N-dealkylation sites (tertiary alicyclic amines) is 2. The second-order valence-electron chi connectivity index (χ2n) is 8.05. The lowest BCUT2D eigenvalue weighted by Gasteiger charge is -2.34. The molecule has 0 radical (unpaired) electrons. The van der Waals surface area contributed by atoms with Gasteiger partial charge in [0.05, 0.1) is 6.54 Å². The molecule has 2 aliphatic rings. The molecule has 2 saturated heterocycles. The fourth-order valence-electron chi connectivity index (χ4n) is 4.34. The molecule has 29 heavy (non-hydrogen) atoms. The summed E-state index contributed by atoms with van der Waals surface area (Å²) in [6, 6.07) is 10.6. The topological polar surface area (TPSA) is 30.9 Å². The van der Waals surface area contributed by atoms with Crippen molar-refractivity contribution >= 4 is 29.9 Å². The maximum atomic E-state index is 12.5. The second kappa shape index (κ2) is 11.4. The molecule has 1 unspecified atom stereocenters. The highest BCUT2D eigenvalue weighted by Crippen LogP contribution is 2.23. The van der Waals surface area contributed by atoms with Gasteiger partial charge in [0, 0.05) is 33.2 Å². The molecule has 0 saturated carbocycles. The average molecular weight is 524 g/mol. The third-order valence-electron chi connectivity index (χ3n) is 5.81. The highest BCUT2D eigenvalue weighted by Gasteiger charge is 2.34. The van der Waals surface area contributed by atoms with E-state index in [1.807, 2.05) is 0 Å². The maximum Gasteiger partial charge on any atom is 0.401 e. The molecular formula is C21H32F3IN4.